The summed E-state index contributed by atoms with van der Waals surface area (Å²) in [5.74, 6) is -1.44. The molecule has 0 saturated carbocycles. The van der Waals surface area contributed by atoms with Crippen molar-refractivity contribution in [2.24, 2.45) is 5.92 Å². The zero-order valence-electron chi connectivity index (χ0n) is 12.1. The van der Waals surface area contributed by atoms with Crippen molar-refractivity contribution in [1.29, 1.82) is 0 Å². The molecule has 3 rings (SSSR count). The molecule has 6 heteroatoms. The number of nitrogens with zero attached hydrogens (tertiary/aromatic N) is 1. The molecule has 2 aromatic rings. The van der Waals surface area contributed by atoms with Gasteiger partial charge >= 0.3 is 0 Å². The molecule has 1 aliphatic heterocycles. The maximum Gasteiger partial charge on any atom is 0.229 e. The van der Waals surface area contributed by atoms with Crippen LogP contribution in [0.3, 0.4) is 0 Å². The van der Waals surface area contributed by atoms with E-state index in [1.165, 1.54) is 12.1 Å². The monoisotopic (exact) mass is 376 g/mol. The van der Waals surface area contributed by atoms with E-state index in [0.29, 0.717) is 6.54 Å². The molecular formula is C17H14BrFN2O2. The Bertz CT molecular complexity index is 749. The summed E-state index contributed by atoms with van der Waals surface area (Å²) in [4.78, 5) is 26.0. The van der Waals surface area contributed by atoms with Crippen LogP contribution in [0.4, 0.5) is 15.8 Å². The third-order valence-electron chi connectivity index (χ3n) is 3.77. The molecule has 1 fully saturated rings. The first-order chi connectivity index (χ1) is 11.0. The lowest BCUT2D eigenvalue weighted by atomic mass is 10.1. The first-order valence-electron chi connectivity index (χ1n) is 7.16. The predicted octanol–water partition coefficient (Wildman–Crippen LogP) is 3.58. The third-order valence-corrected chi connectivity index (χ3v) is 4.29. The Morgan fingerprint density at radius 1 is 1.17 bits per heavy atom. The minimum Gasteiger partial charge on any atom is -0.323 e. The molecule has 1 atom stereocenters. The van der Waals surface area contributed by atoms with Crippen LogP contribution in [0.25, 0.3) is 0 Å². The second kappa shape index (κ2) is 6.50. The lowest BCUT2D eigenvalue weighted by Gasteiger charge is -2.17. The molecule has 2 amide bonds. The van der Waals surface area contributed by atoms with Crippen molar-refractivity contribution in [1.82, 2.24) is 0 Å². The largest absolute Gasteiger partial charge is 0.323 e. The van der Waals surface area contributed by atoms with Crippen molar-refractivity contribution in [2.75, 3.05) is 16.8 Å². The van der Waals surface area contributed by atoms with Gasteiger partial charge in [-0.2, -0.15) is 0 Å². The molecule has 0 aromatic heterocycles. The fraction of sp³-hybridized carbons (Fsp3) is 0.176. The summed E-state index contributed by atoms with van der Waals surface area (Å²) in [5, 5.41) is 2.55. The van der Waals surface area contributed by atoms with Gasteiger partial charge in [-0.1, -0.05) is 28.1 Å². The van der Waals surface area contributed by atoms with Crippen LogP contribution in [-0.4, -0.2) is 18.4 Å². The Kier molecular flexibility index (Phi) is 4.43. The molecular weight excluding hydrogens is 363 g/mol. The van der Waals surface area contributed by atoms with Gasteiger partial charge in [0.1, 0.15) is 5.82 Å². The Labute approximate surface area is 141 Å². The van der Waals surface area contributed by atoms with Crippen LogP contribution >= 0.6 is 15.9 Å². The minimum atomic E-state index is -0.495. The Hall–Kier alpha value is -2.21. The van der Waals surface area contributed by atoms with Crippen LogP contribution in [0.15, 0.2) is 53.0 Å². The summed E-state index contributed by atoms with van der Waals surface area (Å²) in [6.45, 7) is 0.292. The summed E-state index contributed by atoms with van der Waals surface area (Å²) in [6, 6.07) is 13.3. The van der Waals surface area contributed by atoms with Gasteiger partial charge in [-0.15, -0.1) is 0 Å². The average Bonchev–Trinajstić information content (AvgIpc) is 2.92. The number of anilines is 2. The zero-order valence-corrected chi connectivity index (χ0v) is 13.7. The lowest BCUT2D eigenvalue weighted by Crippen LogP contribution is -2.28. The highest BCUT2D eigenvalue weighted by Crippen LogP contribution is 2.27. The van der Waals surface area contributed by atoms with Crippen molar-refractivity contribution in [2.45, 2.75) is 6.42 Å². The molecule has 0 aliphatic carbocycles. The van der Waals surface area contributed by atoms with Crippen molar-refractivity contribution < 1.29 is 14.0 Å². The molecule has 1 saturated heterocycles. The van der Waals surface area contributed by atoms with Gasteiger partial charge in [0.25, 0.3) is 0 Å². The van der Waals surface area contributed by atoms with Gasteiger partial charge in [0.2, 0.25) is 11.8 Å². The lowest BCUT2D eigenvalue weighted by molar-refractivity contribution is -0.122. The number of nitrogens with one attached hydrogen (secondary N) is 1. The van der Waals surface area contributed by atoms with E-state index in [9.17, 15) is 14.0 Å². The topological polar surface area (TPSA) is 49.4 Å². The summed E-state index contributed by atoms with van der Waals surface area (Å²) in [7, 11) is 0. The number of para-hydroxylation sites is 1. The number of benzene rings is 2. The van der Waals surface area contributed by atoms with Crippen LogP contribution in [0, 0.1) is 11.7 Å². The number of halogens is 2. The quantitative estimate of drug-likeness (QED) is 0.889. The number of carbonyl (C=O) groups is 2. The SMILES string of the molecule is O=C(Nc1ccccc1F)C1CC(=O)N(c2ccc(Br)cc2)C1. The van der Waals surface area contributed by atoms with Crippen LogP contribution in [0.2, 0.25) is 0 Å². The normalized spacial score (nSPS) is 17.4. The molecule has 0 spiro atoms. The molecule has 0 bridgehead atoms. The van der Waals surface area contributed by atoms with Gasteiger partial charge in [-0.25, -0.2) is 4.39 Å². The van der Waals surface area contributed by atoms with Gasteiger partial charge in [0, 0.05) is 23.1 Å². The van der Waals surface area contributed by atoms with Crippen molar-refractivity contribution >= 4 is 39.1 Å². The van der Waals surface area contributed by atoms with Gasteiger partial charge < -0.3 is 10.2 Å². The number of hydrogen-bond acceptors (Lipinski definition) is 2. The highest BCUT2D eigenvalue weighted by atomic mass is 79.9. The van der Waals surface area contributed by atoms with Gasteiger partial charge in [0.15, 0.2) is 0 Å². The molecule has 1 heterocycles. The standard InChI is InChI=1S/C17H14BrFN2O2/c18-12-5-7-13(8-6-12)21-10-11(9-16(21)22)17(23)20-15-4-2-1-3-14(15)19/h1-8,11H,9-10H2,(H,20,23). The van der Waals surface area contributed by atoms with Crippen LogP contribution in [0.1, 0.15) is 6.42 Å². The van der Waals surface area contributed by atoms with Crippen LogP contribution < -0.4 is 10.2 Å². The minimum absolute atomic E-state index is 0.110. The molecule has 2 aromatic carbocycles. The molecule has 1 unspecified atom stereocenters. The summed E-state index contributed by atoms with van der Waals surface area (Å²) in [6.07, 6.45) is 0.121. The first kappa shape index (κ1) is 15.7. The fourth-order valence-electron chi connectivity index (χ4n) is 2.55. The highest BCUT2D eigenvalue weighted by Gasteiger charge is 2.35. The van der Waals surface area contributed by atoms with Crippen molar-refractivity contribution in [3.05, 3.63) is 58.8 Å². The van der Waals surface area contributed by atoms with Gasteiger partial charge in [-0.05, 0) is 36.4 Å². The van der Waals surface area contributed by atoms with E-state index in [4.69, 9.17) is 0 Å². The molecule has 4 nitrogen and oxygen atoms in total. The predicted molar refractivity (Wildman–Crippen MR) is 89.6 cm³/mol. The first-order valence-corrected chi connectivity index (χ1v) is 7.95. The van der Waals surface area contributed by atoms with Gasteiger partial charge in [-0.3, -0.25) is 9.59 Å². The van der Waals surface area contributed by atoms with E-state index < -0.39 is 11.7 Å². The molecule has 1 N–H and O–H groups in total. The van der Waals surface area contributed by atoms with E-state index in [0.717, 1.165) is 10.2 Å². The Balaban J connectivity index is 1.71. The van der Waals surface area contributed by atoms with E-state index >= 15 is 0 Å². The number of amides is 2. The second-order valence-corrected chi connectivity index (χ2v) is 6.27. The Morgan fingerprint density at radius 2 is 1.87 bits per heavy atom. The second-order valence-electron chi connectivity index (χ2n) is 5.35. The molecule has 23 heavy (non-hydrogen) atoms. The smallest absolute Gasteiger partial charge is 0.229 e. The number of rotatable bonds is 3. The molecule has 1 aliphatic rings. The van der Waals surface area contributed by atoms with Crippen molar-refractivity contribution in [3.8, 4) is 0 Å². The average molecular weight is 377 g/mol. The summed E-state index contributed by atoms with van der Waals surface area (Å²) in [5.41, 5.74) is 0.881. The van der Waals surface area contributed by atoms with Gasteiger partial charge in [0.05, 0.1) is 11.6 Å². The van der Waals surface area contributed by atoms with E-state index in [2.05, 4.69) is 21.2 Å². The maximum absolute atomic E-state index is 13.6. The molecule has 0 radical (unpaired) electrons. The van der Waals surface area contributed by atoms with Crippen molar-refractivity contribution in [3.63, 3.8) is 0 Å². The Morgan fingerprint density at radius 3 is 2.57 bits per heavy atom. The van der Waals surface area contributed by atoms with Crippen LogP contribution in [0.5, 0.6) is 0 Å². The van der Waals surface area contributed by atoms with Crippen LogP contribution in [-0.2, 0) is 9.59 Å². The van der Waals surface area contributed by atoms with E-state index in [-0.39, 0.29) is 23.9 Å². The maximum atomic E-state index is 13.6. The summed E-state index contributed by atoms with van der Waals surface area (Å²) >= 11 is 3.34. The molecule has 118 valence electrons. The number of hydrogen-bond donors (Lipinski definition) is 1. The van der Waals surface area contributed by atoms with E-state index in [1.807, 2.05) is 24.3 Å². The third kappa shape index (κ3) is 3.42. The summed E-state index contributed by atoms with van der Waals surface area (Å²) < 4.78 is 14.5. The van der Waals surface area contributed by atoms with E-state index in [1.54, 1.807) is 17.0 Å². The highest BCUT2D eigenvalue weighted by molar-refractivity contribution is 9.10. The number of carbonyl (C=O) groups excluding carboxylic acids is 2. The zero-order chi connectivity index (χ0) is 16.4. The fourth-order valence-corrected chi connectivity index (χ4v) is 2.82.